The standard InChI is InChI=1S/C15H16Cl2N2O5/c1-3-6-18-15(22)19-13(20)8-23-14(21)9(2)24-12-5-4-10(16)7-11(12)17/h3-5,7,9H,1,6,8H2,2H3,(H2,18,19,20,22)/t9-/m0/s1. The second kappa shape index (κ2) is 9.79. The molecule has 24 heavy (non-hydrogen) atoms. The number of hydrogen-bond donors (Lipinski definition) is 2. The van der Waals surface area contributed by atoms with E-state index in [4.69, 9.17) is 32.7 Å². The Bertz CT molecular complexity index is 636. The minimum absolute atomic E-state index is 0.200. The van der Waals surface area contributed by atoms with Gasteiger partial charge in [-0.05, 0) is 25.1 Å². The van der Waals surface area contributed by atoms with Crippen molar-refractivity contribution in [2.75, 3.05) is 13.2 Å². The molecule has 0 unspecified atom stereocenters. The van der Waals surface area contributed by atoms with Crippen LogP contribution in [0.25, 0.3) is 0 Å². The predicted octanol–water partition coefficient (Wildman–Crippen LogP) is 2.32. The van der Waals surface area contributed by atoms with Crippen LogP contribution in [0.5, 0.6) is 5.75 Å². The van der Waals surface area contributed by atoms with Crippen LogP contribution in [0.2, 0.25) is 10.0 Å². The number of benzene rings is 1. The van der Waals surface area contributed by atoms with Crippen molar-refractivity contribution in [1.29, 1.82) is 0 Å². The zero-order valence-electron chi connectivity index (χ0n) is 12.8. The molecular weight excluding hydrogens is 359 g/mol. The SMILES string of the molecule is C=CCNC(=O)NC(=O)COC(=O)[C@H](C)Oc1ccc(Cl)cc1Cl. The van der Waals surface area contributed by atoms with Crippen LogP contribution in [0.4, 0.5) is 4.79 Å². The van der Waals surface area contributed by atoms with E-state index in [1.54, 1.807) is 6.07 Å². The zero-order chi connectivity index (χ0) is 18.1. The fraction of sp³-hybridized carbons (Fsp3) is 0.267. The van der Waals surface area contributed by atoms with E-state index in [9.17, 15) is 14.4 Å². The molecule has 0 aliphatic heterocycles. The lowest BCUT2D eigenvalue weighted by Crippen LogP contribution is -2.42. The maximum absolute atomic E-state index is 11.8. The first-order valence-corrected chi connectivity index (χ1v) is 7.56. The number of carbonyl (C=O) groups excluding carboxylic acids is 3. The molecule has 2 N–H and O–H groups in total. The number of hydrogen-bond acceptors (Lipinski definition) is 5. The number of ether oxygens (including phenoxy) is 2. The van der Waals surface area contributed by atoms with E-state index in [2.05, 4.69) is 11.9 Å². The maximum Gasteiger partial charge on any atom is 0.347 e. The third-order valence-corrected chi connectivity index (χ3v) is 3.07. The van der Waals surface area contributed by atoms with Crippen LogP contribution in [0.3, 0.4) is 0 Å². The van der Waals surface area contributed by atoms with Crippen molar-refractivity contribution in [3.63, 3.8) is 0 Å². The van der Waals surface area contributed by atoms with Crippen molar-refractivity contribution in [2.24, 2.45) is 0 Å². The molecule has 9 heteroatoms. The highest BCUT2D eigenvalue weighted by molar-refractivity contribution is 6.35. The van der Waals surface area contributed by atoms with Gasteiger partial charge in [-0.2, -0.15) is 0 Å². The van der Waals surface area contributed by atoms with Crippen molar-refractivity contribution in [3.05, 3.63) is 40.9 Å². The van der Waals surface area contributed by atoms with E-state index in [-0.39, 0.29) is 17.3 Å². The summed E-state index contributed by atoms with van der Waals surface area (Å²) in [5, 5.41) is 4.98. The normalized spacial score (nSPS) is 11.1. The summed E-state index contributed by atoms with van der Waals surface area (Å²) < 4.78 is 10.1. The molecule has 0 aliphatic rings. The molecule has 0 saturated heterocycles. The monoisotopic (exact) mass is 374 g/mol. The van der Waals surface area contributed by atoms with Crippen molar-refractivity contribution in [3.8, 4) is 5.75 Å². The lowest BCUT2D eigenvalue weighted by Gasteiger charge is -2.15. The molecule has 0 bridgehead atoms. The fourth-order valence-corrected chi connectivity index (χ4v) is 1.89. The molecule has 130 valence electrons. The van der Waals surface area contributed by atoms with Crippen LogP contribution >= 0.6 is 23.2 Å². The summed E-state index contributed by atoms with van der Waals surface area (Å²) in [5.74, 6) is -1.32. The smallest absolute Gasteiger partial charge is 0.347 e. The number of carbonyl (C=O) groups is 3. The summed E-state index contributed by atoms with van der Waals surface area (Å²) in [4.78, 5) is 34.4. The third-order valence-electron chi connectivity index (χ3n) is 2.54. The van der Waals surface area contributed by atoms with Gasteiger partial charge in [-0.3, -0.25) is 10.1 Å². The lowest BCUT2D eigenvalue weighted by atomic mass is 10.3. The van der Waals surface area contributed by atoms with Gasteiger partial charge in [0.25, 0.3) is 5.91 Å². The highest BCUT2D eigenvalue weighted by atomic mass is 35.5. The van der Waals surface area contributed by atoms with Gasteiger partial charge >= 0.3 is 12.0 Å². The molecule has 3 amide bonds. The van der Waals surface area contributed by atoms with Gasteiger partial charge in [-0.1, -0.05) is 29.3 Å². The van der Waals surface area contributed by atoms with Crippen LogP contribution in [0, 0.1) is 0 Å². The highest BCUT2D eigenvalue weighted by Crippen LogP contribution is 2.28. The second-order valence-electron chi connectivity index (χ2n) is 4.49. The molecule has 1 aromatic rings. The summed E-state index contributed by atoms with van der Waals surface area (Å²) in [6.45, 7) is 4.42. The van der Waals surface area contributed by atoms with Crippen LogP contribution in [0.1, 0.15) is 6.92 Å². The van der Waals surface area contributed by atoms with E-state index < -0.39 is 30.6 Å². The molecule has 0 fully saturated rings. The Morgan fingerprint density at radius 2 is 2.04 bits per heavy atom. The summed E-state index contributed by atoms with van der Waals surface area (Å²) in [6.07, 6.45) is 0.441. The topological polar surface area (TPSA) is 93.7 Å². The average Bonchev–Trinajstić information content (AvgIpc) is 2.53. The Hall–Kier alpha value is -2.25. The quantitative estimate of drug-likeness (QED) is 0.564. The predicted molar refractivity (Wildman–Crippen MR) is 89.2 cm³/mol. The zero-order valence-corrected chi connectivity index (χ0v) is 14.3. The van der Waals surface area contributed by atoms with Crippen LogP contribution in [0.15, 0.2) is 30.9 Å². The second-order valence-corrected chi connectivity index (χ2v) is 5.33. The van der Waals surface area contributed by atoms with Crippen molar-refractivity contribution in [1.82, 2.24) is 10.6 Å². The first-order valence-electron chi connectivity index (χ1n) is 6.80. The Kier molecular flexibility index (Phi) is 8.08. The summed E-state index contributed by atoms with van der Waals surface area (Å²) >= 11 is 11.7. The lowest BCUT2D eigenvalue weighted by molar-refractivity contribution is -0.154. The Morgan fingerprint density at radius 1 is 1.33 bits per heavy atom. The fourth-order valence-electron chi connectivity index (χ4n) is 1.44. The van der Waals surface area contributed by atoms with Crippen molar-refractivity contribution >= 4 is 41.1 Å². The Labute approximate surface area is 148 Å². The van der Waals surface area contributed by atoms with Gasteiger partial charge in [-0.25, -0.2) is 9.59 Å². The van der Waals surface area contributed by atoms with Gasteiger partial charge < -0.3 is 14.8 Å². The van der Waals surface area contributed by atoms with Crippen molar-refractivity contribution in [2.45, 2.75) is 13.0 Å². The minimum atomic E-state index is -1.01. The Morgan fingerprint density at radius 3 is 2.67 bits per heavy atom. The van der Waals surface area contributed by atoms with E-state index in [0.29, 0.717) is 5.02 Å². The molecule has 1 atom stereocenters. The molecule has 0 saturated carbocycles. The molecule has 7 nitrogen and oxygen atoms in total. The van der Waals surface area contributed by atoms with Crippen LogP contribution in [-0.4, -0.2) is 37.2 Å². The number of nitrogens with one attached hydrogen (secondary N) is 2. The molecule has 1 aromatic carbocycles. The molecule has 0 spiro atoms. The minimum Gasteiger partial charge on any atom is -0.477 e. The first kappa shape index (κ1) is 19.8. The molecule has 0 radical (unpaired) electrons. The number of urea groups is 1. The van der Waals surface area contributed by atoms with E-state index in [0.717, 1.165) is 0 Å². The first-order chi connectivity index (χ1) is 11.3. The van der Waals surface area contributed by atoms with Gasteiger partial charge in [0.05, 0.1) is 5.02 Å². The van der Waals surface area contributed by atoms with Crippen LogP contribution in [-0.2, 0) is 14.3 Å². The van der Waals surface area contributed by atoms with Crippen LogP contribution < -0.4 is 15.4 Å². The van der Waals surface area contributed by atoms with Gasteiger partial charge in [0.15, 0.2) is 12.7 Å². The molecule has 0 aliphatic carbocycles. The number of halogens is 2. The number of esters is 1. The van der Waals surface area contributed by atoms with Gasteiger partial charge in [0, 0.05) is 11.6 Å². The largest absolute Gasteiger partial charge is 0.477 e. The maximum atomic E-state index is 11.8. The summed E-state index contributed by atoms with van der Waals surface area (Å²) in [6, 6.07) is 3.81. The van der Waals surface area contributed by atoms with Crippen molar-refractivity contribution < 1.29 is 23.9 Å². The van der Waals surface area contributed by atoms with Gasteiger partial charge in [0.1, 0.15) is 5.75 Å². The van der Waals surface area contributed by atoms with E-state index >= 15 is 0 Å². The average molecular weight is 375 g/mol. The number of imide groups is 1. The van der Waals surface area contributed by atoms with E-state index in [1.165, 1.54) is 25.1 Å². The highest BCUT2D eigenvalue weighted by Gasteiger charge is 2.19. The molecular formula is C15H16Cl2N2O5. The number of rotatable bonds is 7. The third kappa shape index (κ3) is 6.89. The van der Waals surface area contributed by atoms with Gasteiger partial charge in [0.2, 0.25) is 0 Å². The van der Waals surface area contributed by atoms with Gasteiger partial charge in [-0.15, -0.1) is 6.58 Å². The van der Waals surface area contributed by atoms with E-state index in [1.807, 2.05) is 5.32 Å². The number of amides is 3. The molecule has 0 aromatic heterocycles. The Balaban J connectivity index is 2.42. The molecule has 1 rings (SSSR count). The summed E-state index contributed by atoms with van der Waals surface area (Å²) in [5.41, 5.74) is 0. The molecule has 0 heterocycles. The summed E-state index contributed by atoms with van der Waals surface area (Å²) in [7, 11) is 0.